The lowest BCUT2D eigenvalue weighted by molar-refractivity contribution is 0.0698. The number of fused-ring (bicyclic) bond motifs is 1. The number of nitrogens with zero attached hydrogens (tertiary/aromatic N) is 1. The molecule has 1 aromatic heterocycles. The van der Waals surface area contributed by atoms with Gasteiger partial charge in [-0.15, -0.1) is 11.3 Å². The molecular formula is C21H17ClFNO2S. The number of carbonyl (C=O) groups excluding carboxylic acids is 1. The molecule has 1 aliphatic rings. The van der Waals surface area contributed by atoms with Crippen LogP contribution in [0.3, 0.4) is 0 Å². The molecule has 3 nitrogen and oxygen atoms in total. The van der Waals surface area contributed by atoms with Crippen molar-refractivity contribution < 1.29 is 13.9 Å². The van der Waals surface area contributed by atoms with E-state index < -0.39 is 5.82 Å². The minimum Gasteiger partial charge on any atom is -0.494 e. The molecular weight excluding hydrogens is 385 g/mol. The Morgan fingerprint density at radius 3 is 2.70 bits per heavy atom. The Morgan fingerprint density at radius 1 is 1.22 bits per heavy atom. The molecule has 138 valence electrons. The molecule has 3 aromatic rings. The monoisotopic (exact) mass is 401 g/mol. The van der Waals surface area contributed by atoms with Crippen LogP contribution < -0.4 is 4.74 Å². The minimum atomic E-state index is -0.433. The molecule has 0 spiro atoms. The van der Waals surface area contributed by atoms with Gasteiger partial charge in [-0.1, -0.05) is 17.7 Å². The van der Waals surface area contributed by atoms with E-state index in [0.717, 1.165) is 16.9 Å². The van der Waals surface area contributed by atoms with Crippen LogP contribution in [-0.2, 0) is 6.42 Å². The predicted octanol–water partition coefficient (Wildman–Crippen LogP) is 5.34. The van der Waals surface area contributed by atoms with Crippen molar-refractivity contribution in [3.05, 3.63) is 86.3 Å². The summed E-state index contributed by atoms with van der Waals surface area (Å²) in [5.41, 5.74) is 2.51. The van der Waals surface area contributed by atoms with Crippen molar-refractivity contribution in [3.8, 4) is 5.75 Å². The van der Waals surface area contributed by atoms with Crippen molar-refractivity contribution in [1.82, 2.24) is 4.90 Å². The van der Waals surface area contributed by atoms with Gasteiger partial charge in [-0.3, -0.25) is 4.79 Å². The maximum Gasteiger partial charge on any atom is 0.254 e. The lowest BCUT2D eigenvalue weighted by Gasteiger charge is -2.36. The van der Waals surface area contributed by atoms with Gasteiger partial charge < -0.3 is 9.64 Å². The van der Waals surface area contributed by atoms with Gasteiger partial charge in [0.2, 0.25) is 0 Å². The van der Waals surface area contributed by atoms with Crippen molar-refractivity contribution in [2.45, 2.75) is 12.5 Å². The fourth-order valence-corrected chi connectivity index (χ4v) is 4.69. The largest absolute Gasteiger partial charge is 0.494 e. The molecule has 1 unspecified atom stereocenters. The van der Waals surface area contributed by atoms with Crippen LogP contribution in [0.25, 0.3) is 0 Å². The van der Waals surface area contributed by atoms with Crippen LogP contribution >= 0.6 is 22.9 Å². The van der Waals surface area contributed by atoms with Crippen molar-refractivity contribution in [2.24, 2.45) is 0 Å². The minimum absolute atomic E-state index is 0.0908. The molecule has 0 fully saturated rings. The number of methoxy groups -OCH3 is 1. The maximum atomic E-state index is 14.4. The van der Waals surface area contributed by atoms with Crippen molar-refractivity contribution in [1.29, 1.82) is 0 Å². The van der Waals surface area contributed by atoms with Gasteiger partial charge >= 0.3 is 0 Å². The zero-order valence-electron chi connectivity index (χ0n) is 14.6. The molecule has 0 saturated carbocycles. The maximum absolute atomic E-state index is 14.4. The number of benzene rings is 2. The highest BCUT2D eigenvalue weighted by Gasteiger charge is 2.34. The summed E-state index contributed by atoms with van der Waals surface area (Å²) < 4.78 is 19.4. The van der Waals surface area contributed by atoms with Crippen LogP contribution in [0.15, 0.2) is 53.9 Å². The Labute approximate surface area is 166 Å². The van der Waals surface area contributed by atoms with Gasteiger partial charge in [-0.2, -0.15) is 0 Å². The molecule has 2 heterocycles. The molecule has 0 radical (unpaired) electrons. The molecule has 0 bridgehead atoms. The van der Waals surface area contributed by atoms with Crippen LogP contribution in [0.5, 0.6) is 5.75 Å². The second kappa shape index (κ2) is 7.33. The third kappa shape index (κ3) is 3.33. The third-order valence-corrected chi connectivity index (χ3v) is 6.07. The Hall–Kier alpha value is -2.37. The zero-order valence-corrected chi connectivity index (χ0v) is 16.2. The van der Waals surface area contributed by atoms with E-state index in [1.54, 1.807) is 41.7 Å². The van der Waals surface area contributed by atoms with Crippen molar-refractivity contribution >= 4 is 28.8 Å². The van der Waals surface area contributed by atoms with Crippen LogP contribution in [0.1, 0.15) is 32.4 Å². The fraction of sp³-hybridized carbons (Fsp3) is 0.190. The zero-order chi connectivity index (χ0) is 19.0. The van der Waals surface area contributed by atoms with E-state index in [1.807, 2.05) is 16.3 Å². The first-order chi connectivity index (χ1) is 13.1. The summed E-state index contributed by atoms with van der Waals surface area (Å²) in [6, 6.07) is 13.5. The number of halogens is 2. The van der Waals surface area contributed by atoms with E-state index >= 15 is 0 Å². The predicted molar refractivity (Wildman–Crippen MR) is 105 cm³/mol. The molecule has 0 saturated heterocycles. The molecule has 1 atom stereocenters. The Morgan fingerprint density at radius 2 is 2.00 bits per heavy atom. The highest BCUT2D eigenvalue weighted by Crippen LogP contribution is 2.40. The van der Waals surface area contributed by atoms with Gasteiger partial charge in [0.15, 0.2) is 11.6 Å². The Bertz CT molecular complexity index is 986. The van der Waals surface area contributed by atoms with E-state index in [9.17, 15) is 9.18 Å². The van der Waals surface area contributed by atoms with E-state index in [1.165, 1.54) is 18.7 Å². The SMILES string of the molecule is COc1ccc(C2c3sccc3CCN2C(=O)c2ccc(Cl)cc2)cc1F. The lowest BCUT2D eigenvalue weighted by atomic mass is 9.94. The number of amides is 1. The highest BCUT2D eigenvalue weighted by atomic mass is 35.5. The van der Waals surface area contributed by atoms with Crippen LogP contribution in [0, 0.1) is 5.82 Å². The highest BCUT2D eigenvalue weighted by molar-refractivity contribution is 7.10. The Kier molecular flexibility index (Phi) is 4.89. The van der Waals surface area contributed by atoms with Gasteiger partial charge in [-0.05, 0) is 65.4 Å². The van der Waals surface area contributed by atoms with Crippen molar-refractivity contribution in [2.75, 3.05) is 13.7 Å². The normalized spacial score (nSPS) is 16.1. The molecule has 6 heteroatoms. The summed E-state index contributed by atoms with van der Waals surface area (Å²) in [5.74, 6) is -0.332. The van der Waals surface area contributed by atoms with Gasteiger partial charge in [0.1, 0.15) is 0 Å². The van der Waals surface area contributed by atoms with Gasteiger partial charge in [0.25, 0.3) is 5.91 Å². The van der Waals surface area contributed by atoms with E-state index in [4.69, 9.17) is 16.3 Å². The topological polar surface area (TPSA) is 29.5 Å². The average Bonchev–Trinajstić information content (AvgIpc) is 3.16. The summed E-state index contributed by atoms with van der Waals surface area (Å²) in [5, 5.41) is 2.60. The Balaban J connectivity index is 1.77. The van der Waals surface area contributed by atoms with Gasteiger partial charge in [-0.25, -0.2) is 4.39 Å². The van der Waals surface area contributed by atoms with Crippen LogP contribution in [0.2, 0.25) is 5.02 Å². The number of rotatable bonds is 3. The molecule has 1 amide bonds. The fourth-order valence-electron chi connectivity index (χ4n) is 3.47. The molecule has 27 heavy (non-hydrogen) atoms. The summed E-state index contributed by atoms with van der Waals surface area (Å²) in [6.45, 7) is 0.573. The second-order valence-corrected chi connectivity index (χ2v) is 7.75. The number of carbonyl (C=O) groups is 1. The average molecular weight is 402 g/mol. The van der Waals surface area contributed by atoms with Crippen LogP contribution in [-0.4, -0.2) is 24.5 Å². The number of ether oxygens (including phenoxy) is 1. The summed E-state index contributed by atoms with van der Waals surface area (Å²) in [6.07, 6.45) is 0.785. The first kappa shape index (κ1) is 18.0. The van der Waals surface area contributed by atoms with Gasteiger partial charge in [0, 0.05) is 22.0 Å². The first-order valence-corrected chi connectivity index (χ1v) is 9.80. The van der Waals surface area contributed by atoms with Gasteiger partial charge in [0.05, 0.1) is 13.2 Å². The summed E-state index contributed by atoms with van der Waals surface area (Å²) in [7, 11) is 1.44. The molecule has 4 rings (SSSR count). The van der Waals surface area contributed by atoms with E-state index in [0.29, 0.717) is 17.1 Å². The number of thiophene rings is 1. The third-order valence-electron chi connectivity index (χ3n) is 4.81. The molecule has 0 N–H and O–H groups in total. The van der Waals surface area contributed by atoms with E-state index in [2.05, 4.69) is 6.07 Å². The smallest absolute Gasteiger partial charge is 0.254 e. The number of hydrogen-bond acceptors (Lipinski definition) is 3. The summed E-state index contributed by atoms with van der Waals surface area (Å²) in [4.78, 5) is 16.1. The van der Waals surface area contributed by atoms with Crippen molar-refractivity contribution in [3.63, 3.8) is 0 Å². The quantitative estimate of drug-likeness (QED) is 0.593. The lowest BCUT2D eigenvalue weighted by Crippen LogP contribution is -2.40. The number of hydrogen-bond donors (Lipinski definition) is 0. The molecule has 0 aliphatic carbocycles. The molecule has 2 aromatic carbocycles. The summed E-state index contributed by atoms with van der Waals surface area (Å²) >= 11 is 7.54. The first-order valence-electron chi connectivity index (χ1n) is 8.54. The van der Waals surface area contributed by atoms with Crippen LogP contribution in [0.4, 0.5) is 4.39 Å². The second-order valence-electron chi connectivity index (χ2n) is 6.36. The molecule has 1 aliphatic heterocycles. The standard InChI is InChI=1S/C21H17ClFNO2S/c1-26-18-7-4-15(12-17(18)23)19-20-13(9-11-27-20)8-10-24(19)21(25)14-2-5-16(22)6-3-14/h2-7,9,11-12,19H,8,10H2,1H3. The van der Waals surface area contributed by atoms with E-state index in [-0.39, 0.29) is 17.7 Å².